The van der Waals surface area contributed by atoms with Gasteiger partial charge in [0, 0.05) is 36.5 Å². The van der Waals surface area contributed by atoms with E-state index in [1.807, 2.05) is 0 Å². The van der Waals surface area contributed by atoms with Gasteiger partial charge in [-0.05, 0) is 48.9 Å². The molecule has 6 fully saturated rings. The molecule has 30 heavy (non-hydrogen) atoms. The quantitative estimate of drug-likeness (QED) is 0.703. The lowest BCUT2D eigenvalue weighted by Crippen LogP contribution is -2.64. The molecule has 0 amide bonds. The van der Waals surface area contributed by atoms with Crippen LogP contribution < -0.4 is 0 Å². The Hall–Kier alpha value is -0.530. The number of ketones is 1. The molecule has 2 spiro atoms. The van der Waals surface area contributed by atoms with E-state index >= 15 is 0 Å². The molecule has 6 nitrogen and oxygen atoms in total. The maximum Gasteiger partial charge on any atom is 0.174 e. The molecular formula is C24H36O6. The average molecular weight is 421 g/mol. The van der Waals surface area contributed by atoms with Crippen molar-refractivity contribution < 1.29 is 28.8 Å². The number of carbonyl (C=O) groups excluding carboxylic acids is 1. The van der Waals surface area contributed by atoms with Gasteiger partial charge in [-0.15, -0.1) is 0 Å². The van der Waals surface area contributed by atoms with Crippen LogP contribution in [0, 0.1) is 40.4 Å². The number of hydrogen-bond acceptors (Lipinski definition) is 6. The highest BCUT2D eigenvalue weighted by atomic mass is 16.7. The Balaban J connectivity index is 1.37. The average Bonchev–Trinajstić information content (AvgIpc) is 3.46. The Morgan fingerprint density at radius 3 is 2.23 bits per heavy atom. The summed E-state index contributed by atoms with van der Waals surface area (Å²) in [6.45, 7) is 7.21. The topological polar surface area (TPSA) is 74.2 Å². The third-order valence-corrected chi connectivity index (χ3v) is 10.5. The number of aliphatic hydroxyl groups excluding tert-OH is 1. The van der Waals surface area contributed by atoms with Crippen LogP contribution in [-0.2, 0) is 23.7 Å². The van der Waals surface area contributed by atoms with Crippen LogP contribution in [0.3, 0.4) is 0 Å². The summed E-state index contributed by atoms with van der Waals surface area (Å²) >= 11 is 0. The predicted octanol–water partition coefficient (Wildman–Crippen LogP) is 2.91. The van der Waals surface area contributed by atoms with Gasteiger partial charge in [0.05, 0.1) is 33.0 Å². The summed E-state index contributed by atoms with van der Waals surface area (Å²) in [6.07, 6.45) is 6.60. The molecule has 0 bridgehead atoms. The molecule has 1 unspecified atom stereocenters. The second kappa shape index (κ2) is 6.50. The maximum absolute atomic E-state index is 14.0. The normalized spacial score (nSPS) is 51.2. The van der Waals surface area contributed by atoms with Crippen LogP contribution in [0.25, 0.3) is 0 Å². The summed E-state index contributed by atoms with van der Waals surface area (Å²) in [6, 6.07) is 0. The van der Waals surface area contributed by atoms with Gasteiger partial charge in [-0.25, -0.2) is 0 Å². The number of aliphatic hydroxyl groups is 1. The first-order valence-electron chi connectivity index (χ1n) is 12.1. The Labute approximate surface area is 179 Å². The van der Waals surface area contributed by atoms with E-state index in [1.165, 1.54) is 0 Å². The molecule has 0 aromatic carbocycles. The Morgan fingerprint density at radius 1 is 0.867 bits per heavy atom. The van der Waals surface area contributed by atoms with E-state index in [1.54, 1.807) is 0 Å². The monoisotopic (exact) mass is 420 g/mol. The Bertz CT molecular complexity index is 725. The fourth-order valence-electron chi connectivity index (χ4n) is 8.96. The van der Waals surface area contributed by atoms with Gasteiger partial charge in [0.2, 0.25) is 0 Å². The largest absolute Gasteiger partial charge is 0.396 e. The molecular weight excluding hydrogens is 384 g/mol. The zero-order valence-corrected chi connectivity index (χ0v) is 18.4. The highest BCUT2D eigenvalue weighted by Gasteiger charge is 2.71. The minimum Gasteiger partial charge on any atom is -0.396 e. The highest BCUT2D eigenvalue weighted by Crippen LogP contribution is 2.70. The third kappa shape index (κ3) is 2.35. The summed E-state index contributed by atoms with van der Waals surface area (Å²) in [5.41, 5.74) is -0.0713. The van der Waals surface area contributed by atoms with Crippen LogP contribution in [0.15, 0.2) is 0 Å². The van der Waals surface area contributed by atoms with E-state index in [2.05, 4.69) is 13.8 Å². The van der Waals surface area contributed by atoms with E-state index < -0.39 is 11.6 Å². The Morgan fingerprint density at radius 2 is 1.53 bits per heavy atom. The molecule has 2 aliphatic heterocycles. The summed E-state index contributed by atoms with van der Waals surface area (Å²) < 4.78 is 24.5. The summed E-state index contributed by atoms with van der Waals surface area (Å²) in [5, 5.41) is 10.4. The van der Waals surface area contributed by atoms with Crippen LogP contribution in [0.5, 0.6) is 0 Å². The molecule has 6 heteroatoms. The fourth-order valence-corrected chi connectivity index (χ4v) is 8.96. The van der Waals surface area contributed by atoms with Crippen LogP contribution in [-0.4, -0.2) is 55.5 Å². The minimum absolute atomic E-state index is 0.00814. The SMILES string of the molecule is C[C@]12CCC3(CC1[C@@H](CO)C(=O)[C@@H]1[C@@H]2CC[C@@]2(C)[C@H]1CCC21OCCO1)OCCO3. The first-order valence-corrected chi connectivity index (χ1v) is 12.1. The molecule has 0 aromatic heterocycles. The first-order chi connectivity index (χ1) is 14.4. The molecule has 2 saturated heterocycles. The smallest absolute Gasteiger partial charge is 0.174 e. The van der Waals surface area contributed by atoms with Gasteiger partial charge < -0.3 is 24.1 Å². The van der Waals surface area contributed by atoms with Crippen molar-refractivity contribution in [2.45, 2.75) is 70.4 Å². The molecule has 4 saturated carbocycles. The second-order valence-electron chi connectivity index (χ2n) is 11.3. The van der Waals surface area contributed by atoms with E-state index in [0.717, 1.165) is 44.9 Å². The summed E-state index contributed by atoms with van der Waals surface area (Å²) in [7, 11) is 0. The lowest BCUT2D eigenvalue weighted by atomic mass is 9.42. The molecule has 6 rings (SSSR count). The highest BCUT2D eigenvalue weighted by molar-refractivity contribution is 5.86. The van der Waals surface area contributed by atoms with Gasteiger partial charge >= 0.3 is 0 Å². The van der Waals surface area contributed by atoms with Crippen molar-refractivity contribution in [1.82, 2.24) is 0 Å². The number of Topliss-reactive ketones (excluding diaryl/α,β-unsaturated/α-hetero) is 1. The lowest BCUT2D eigenvalue weighted by molar-refractivity contribution is -0.259. The Kier molecular flexibility index (Phi) is 4.36. The molecule has 168 valence electrons. The van der Waals surface area contributed by atoms with Crippen molar-refractivity contribution >= 4 is 5.78 Å². The van der Waals surface area contributed by atoms with Crippen molar-refractivity contribution in [2.24, 2.45) is 40.4 Å². The van der Waals surface area contributed by atoms with Gasteiger partial charge in [-0.2, -0.15) is 0 Å². The van der Waals surface area contributed by atoms with Crippen LogP contribution >= 0.6 is 0 Å². The number of hydrogen-bond donors (Lipinski definition) is 1. The standard InChI is InChI=1S/C24H36O6/c1-21-7-8-23(27-9-10-28-23)13-18(21)15(14-25)20(26)19-16(21)3-5-22(2)17(19)4-6-24(22)29-11-12-30-24/h15-19,25H,3-14H2,1-2H3/t15-,16+,17+,18?,19-,21-,22+/m1/s1. The molecule has 6 aliphatic rings. The van der Waals surface area contributed by atoms with Crippen molar-refractivity contribution in [3.63, 3.8) is 0 Å². The molecule has 4 aliphatic carbocycles. The predicted molar refractivity (Wildman–Crippen MR) is 107 cm³/mol. The van der Waals surface area contributed by atoms with Crippen LogP contribution in [0.2, 0.25) is 0 Å². The van der Waals surface area contributed by atoms with Gasteiger partial charge in [0.15, 0.2) is 11.6 Å². The minimum atomic E-state index is -0.531. The van der Waals surface area contributed by atoms with Crippen molar-refractivity contribution in [1.29, 1.82) is 0 Å². The second-order valence-corrected chi connectivity index (χ2v) is 11.3. The van der Waals surface area contributed by atoms with Gasteiger partial charge in [0.25, 0.3) is 0 Å². The lowest BCUT2D eigenvalue weighted by Gasteiger charge is -2.63. The van der Waals surface area contributed by atoms with E-state index in [-0.39, 0.29) is 46.9 Å². The zero-order chi connectivity index (χ0) is 20.8. The van der Waals surface area contributed by atoms with Crippen molar-refractivity contribution in [3.05, 3.63) is 0 Å². The zero-order valence-electron chi connectivity index (χ0n) is 18.4. The molecule has 1 N–H and O–H groups in total. The molecule has 2 heterocycles. The summed E-state index contributed by atoms with van der Waals surface area (Å²) in [5.74, 6) is -0.282. The number of fused-ring (bicyclic) bond motifs is 6. The molecule has 0 aromatic rings. The number of ether oxygens (including phenoxy) is 4. The van der Waals surface area contributed by atoms with E-state index in [9.17, 15) is 9.90 Å². The summed E-state index contributed by atoms with van der Waals surface area (Å²) in [4.78, 5) is 14.0. The van der Waals surface area contributed by atoms with E-state index in [4.69, 9.17) is 18.9 Å². The number of carbonyl (C=O) groups is 1. The van der Waals surface area contributed by atoms with Crippen molar-refractivity contribution in [2.75, 3.05) is 33.0 Å². The van der Waals surface area contributed by atoms with Crippen molar-refractivity contribution in [3.8, 4) is 0 Å². The van der Waals surface area contributed by atoms with Crippen LogP contribution in [0.4, 0.5) is 0 Å². The van der Waals surface area contributed by atoms with Crippen LogP contribution in [0.1, 0.15) is 58.8 Å². The maximum atomic E-state index is 14.0. The molecule has 0 radical (unpaired) electrons. The van der Waals surface area contributed by atoms with Gasteiger partial charge in [-0.1, -0.05) is 13.8 Å². The van der Waals surface area contributed by atoms with Gasteiger partial charge in [0.1, 0.15) is 5.78 Å². The fraction of sp³-hybridized carbons (Fsp3) is 0.958. The van der Waals surface area contributed by atoms with Gasteiger partial charge in [-0.3, -0.25) is 4.79 Å². The third-order valence-electron chi connectivity index (χ3n) is 10.5. The number of rotatable bonds is 1. The molecule has 7 atom stereocenters. The van der Waals surface area contributed by atoms with E-state index in [0.29, 0.717) is 32.3 Å². The first kappa shape index (κ1) is 20.1.